The van der Waals surface area contributed by atoms with Crippen LogP contribution in [-0.4, -0.2) is 80.0 Å². The van der Waals surface area contributed by atoms with Crippen molar-refractivity contribution < 1.29 is 4.79 Å². The zero-order valence-electron chi connectivity index (χ0n) is 20.3. The highest BCUT2D eigenvalue weighted by molar-refractivity contribution is 6.37. The SMILES string of the molecule is [B]c1cnc2nc(-c3ccc(NC)cc3)[nH]c2c1N1CCN(CCNC(=O)Nc2ccccc2)CC1. The van der Waals surface area contributed by atoms with E-state index in [0.717, 1.165) is 66.7 Å². The number of aromatic amines is 1. The van der Waals surface area contributed by atoms with Crippen LogP contribution in [0.25, 0.3) is 22.6 Å². The van der Waals surface area contributed by atoms with Crippen LogP contribution in [0.4, 0.5) is 21.9 Å². The minimum atomic E-state index is -0.192. The minimum absolute atomic E-state index is 0.192. The normalized spacial score (nSPS) is 14.1. The monoisotopic (exact) mass is 480 g/mol. The number of pyridine rings is 1. The van der Waals surface area contributed by atoms with Crippen molar-refractivity contribution in [2.45, 2.75) is 0 Å². The molecule has 9 nitrogen and oxygen atoms in total. The van der Waals surface area contributed by atoms with Crippen LogP contribution in [0.2, 0.25) is 0 Å². The summed E-state index contributed by atoms with van der Waals surface area (Å²) in [6, 6.07) is 17.3. The van der Waals surface area contributed by atoms with Crippen LogP contribution >= 0.6 is 0 Å². The molecule has 5 rings (SSSR count). The Hall–Kier alpha value is -4.05. The summed E-state index contributed by atoms with van der Waals surface area (Å²) in [6.07, 6.45) is 1.69. The maximum absolute atomic E-state index is 12.1. The minimum Gasteiger partial charge on any atom is -0.388 e. The van der Waals surface area contributed by atoms with Crippen LogP contribution in [0.15, 0.2) is 60.8 Å². The second-order valence-electron chi connectivity index (χ2n) is 8.75. The number of nitrogens with zero attached hydrogens (tertiary/aromatic N) is 4. The van der Waals surface area contributed by atoms with Gasteiger partial charge in [-0.3, -0.25) is 4.90 Å². The van der Waals surface area contributed by atoms with Gasteiger partial charge in [0.05, 0.1) is 5.69 Å². The Kier molecular flexibility index (Phi) is 7.04. The summed E-state index contributed by atoms with van der Waals surface area (Å²) in [5.74, 6) is 0.769. The average molecular weight is 480 g/mol. The molecule has 0 saturated carbocycles. The lowest BCUT2D eigenvalue weighted by Gasteiger charge is -2.37. The maximum atomic E-state index is 12.1. The molecule has 4 N–H and O–H groups in total. The number of anilines is 3. The number of fused-ring (bicyclic) bond motifs is 1. The number of carbonyl (C=O) groups excluding carboxylic acids is 1. The Bertz CT molecular complexity index is 1320. The third-order valence-electron chi connectivity index (χ3n) is 6.40. The van der Waals surface area contributed by atoms with E-state index >= 15 is 0 Å². The van der Waals surface area contributed by atoms with Gasteiger partial charge in [-0.2, -0.15) is 0 Å². The number of imidazole rings is 1. The second kappa shape index (κ2) is 10.7. The van der Waals surface area contributed by atoms with Crippen molar-refractivity contribution in [1.82, 2.24) is 25.2 Å². The van der Waals surface area contributed by atoms with Gasteiger partial charge in [0.2, 0.25) is 0 Å². The Morgan fingerprint density at radius 1 is 1.03 bits per heavy atom. The summed E-state index contributed by atoms with van der Waals surface area (Å²) in [7, 11) is 8.28. The number of carbonyl (C=O) groups is 1. The number of amides is 2. The first-order valence-electron chi connectivity index (χ1n) is 12.1. The van der Waals surface area contributed by atoms with E-state index in [1.807, 2.05) is 61.6 Å². The number of H-pyrrole nitrogens is 1. The van der Waals surface area contributed by atoms with E-state index in [4.69, 9.17) is 12.8 Å². The van der Waals surface area contributed by atoms with Crippen LogP contribution in [0.3, 0.4) is 0 Å². The zero-order valence-corrected chi connectivity index (χ0v) is 20.3. The smallest absolute Gasteiger partial charge is 0.319 e. The second-order valence-corrected chi connectivity index (χ2v) is 8.75. The van der Waals surface area contributed by atoms with Crippen LogP contribution in [0.5, 0.6) is 0 Å². The Labute approximate surface area is 211 Å². The van der Waals surface area contributed by atoms with Gasteiger partial charge in [0.1, 0.15) is 19.2 Å². The third kappa shape index (κ3) is 5.28. The highest BCUT2D eigenvalue weighted by Gasteiger charge is 2.22. The summed E-state index contributed by atoms with van der Waals surface area (Å²) in [6.45, 7) is 4.76. The standard InChI is InChI=1S/C26H29BN8O/c1-28-19-9-7-18(8-10-19)24-32-22-23(21(27)17-30-25(22)33-24)35-15-13-34(14-16-35)12-11-29-26(36)31-20-5-3-2-4-6-20/h2-10,17,28H,11-16H2,1H3,(H2,29,31,36)(H,30,32,33). The predicted octanol–water partition coefficient (Wildman–Crippen LogP) is 2.40. The number of aromatic nitrogens is 3. The van der Waals surface area contributed by atoms with E-state index < -0.39 is 0 Å². The van der Waals surface area contributed by atoms with E-state index in [9.17, 15) is 4.79 Å². The molecule has 2 aromatic heterocycles. The molecule has 1 aliphatic heterocycles. The summed E-state index contributed by atoms with van der Waals surface area (Å²) in [5, 5.41) is 8.90. The molecule has 0 unspecified atom stereocenters. The van der Waals surface area contributed by atoms with E-state index in [1.165, 1.54) is 0 Å². The quantitative estimate of drug-likeness (QED) is 0.303. The van der Waals surface area contributed by atoms with Crippen molar-refractivity contribution in [2.75, 3.05) is 61.8 Å². The van der Waals surface area contributed by atoms with Crippen LogP contribution in [-0.2, 0) is 0 Å². The molecule has 4 aromatic rings. The lowest BCUT2D eigenvalue weighted by atomic mass is 9.95. The molecule has 2 amide bonds. The summed E-state index contributed by atoms with van der Waals surface area (Å²) in [5.41, 5.74) is 5.91. The van der Waals surface area contributed by atoms with Crippen molar-refractivity contribution in [3.8, 4) is 11.4 Å². The number of urea groups is 1. The molecule has 182 valence electrons. The molecule has 0 spiro atoms. The van der Waals surface area contributed by atoms with Crippen LogP contribution < -0.4 is 26.3 Å². The summed E-state index contributed by atoms with van der Waals surface area (Å²) < 4.78 is 0. The molecule has 0 bridgehead atoms. The van der Waals surface area contributed by atoms with Crippen molar-refractivity contribution in [2.24, 2.45) is 0 Å². The predicted molar refractivity (Wildman–Crippen MR) is 146 cm³/mol. The van der Waals surface area contributed by atoms with Gasteiger partial charge in [-0.1, -0.05) is 23.7 Å². The lowest BCUT2D eigenvalue weighted by molar-refractivity contribution is 0.241. The van der Waals surface area contributed by atoms with E-state index in [0.29, 0.717) is 17.7 Å². The molecule has 1 aliphatic rings. The van der Waals surface area contributed by atoms with Crippen molar-refractivity contribution in [3.05, 3.63) is 60.8 Å². The number of rotatable bonds is 7. The lowest BCUT2D eigenvalue weighted by Crippen LogP contribution is -2.49. The summed E-state index contributed by atoms with van der Waals surface area (Å²) >= 11 is 0. The fraction of sp³-hybridized carbons (Fsp3) is 0.269. The molecule has 0 atom stereocenters. The van der Waals surface area contributed by atoms with E-state index in [2.05, 4.69) is 35.7 Å². The number of benzene rings is 2. The van der Waals surface area contributed by atoms with Gasteiger partial charge in [-0.05, 0) is 36.4 Å². The van der Waals surface area contributed by atoms with Gasteiger partial charge in [0, 0.05) is 69.5 Å². The molecule has 0 aliphatic carbocycles. The number of hydrogen-bond acceptors (Lipinski definition) is 6. The summed E-state index contributed by atoms with van der Waals surface area (Å²) in [4.78, 5) is 29.4. The Morgan fingerprint density at radius 3 is 2.50 bits per heavy atom. The van der Waals surface area contributed by atoms with Crippen molar-refractivity contribution in [3.63, 3.8) is 0 Å². The molecule has 3 heterocycles. The molecule has 2 aromatic carbocycles. The Balaban J connectivity index is 1.19. The topological polar surface area (TPSA) is 101 Å². The first-order valence-corrected chi connectivity index (χ1v) is 12.1. The van der Waals surface area contributed by atoms with E-state index in [1.54, 1.807) is 6.20 Å². The maximum Gasteiger partial charge on any atom is 0.319 e. The van der Waals surface area contributed by atoms with Gasteiger partial charge in [-0.15, -0.1) is 0 Å². The highest BCUT2D eigenvalue weighted by atomic mass is 16.2. The van der Waals surface area contributed by atoms with Gasteiger partial charge >= 0.3 is 6.03 Å². The third-order valence-corrected chi connectivity index (χ3v) is 6.40. The number of para-hydroxylation sites is 1. The van der Waals surface area contributed by atoms with Crippen molar-refractivity contribution in [1.29, 1.82) is 0 Å². The van der Waals surface area contributed by atoms with Gasteiger partial charge in [-0.25, -0.2) is 14.8 Å². The molecule has 2 radical (unpaired) electrons. The largest absolute Gasteiger partial charge is 0.388 e. The highest BCUT2D eigenvalue weighted by Crippen LogP contribution is 2.27. The number of nitrogens with one attached hydrogen (secondary N) is 4. The zero-order chi connectivity index (χ0) is 24.9. The first kappa shape index (κ1) is 23.7. The van der Waals surface area contributed by atoms with Gasteiger partial charge < -0.3 is 25.8 Å². The van der Waals surface area contributed by atoms with Gasteiger partial charge in [0.15, 0.2) is 5.65 Å². The fourth-order valence-corrected chi connectivity index (χ4v) is 4.45. The molecule has 1 saturated heterocycles. The fourth-order valence-electron chi connectivity index (χ4n) is 4.45. The molecule has 1 fully saturated rings. The molecule has 10 heteroatoms. The van der Waals surface area contributed by atoms with Crippen LogP contribution in [0, 0.1) is 0 Å². The molecular formula is C26H29BN8O. The van der Waals surface area contributed by atoms with Crippen LogP contribution in [0.1, 0.15) is 0 Å². The first-order chi connectivity index (χ1) is 17.6. The van der Waals surface area contributed by atoms with Gasteiger partial charge in [0.25, 0.3) is 0 Å². The van der Waals surface area contributed by atoms with Crippen molar-refractivity contribution >= 4 is 47.6 Å². The van der Waals surface area contributed by atoms with E-state index in [-0.39, 0.29) is 6.03 Å². The Morgan fingerprint density at radius 2 is 1.78 bits per heavy atom. The number of piperazine rings is 1. The molecule has 36 heavy (non-hydrogen) atoms. The number of hydrogen-bond donors (Lipinski definition) is 4. The average Bonchev–Trinajstić information content (AvgIpc) is 3.34. The molecular weight excluding hydrogens is 451 g/mol.